The van der Waals surface area contributed by atoms with Crippen LogP contribution in [0.3, 0.4) is 0 Å². The predicted octanol–water partition coefficient (Wildman–Crippen LogP) is 1.90. The molecule has 3 aromatic rings. The van der Waals surface area contributed by atoms with Gasteiger partial charge in [0.25, 0.3) is 5.91 Å². The number of pyridine rings is 1. The Balaban J connectivity index is 1.54. The second kappa shape index (κ2) is 5.08. The molecular formula is C17H17N5O. The molecule has 3 heterocycles. The van der Waals surface area contributed by atoms with E-state index in [1.54, 1.807) is 6.20 Å². The summed E-state index contributed by atoms with van der Waals surface area (Å²) in [6.45, 7) is 3.76. The number of primary amides is 1. The molecule has 1 aromatic carbocycles. The minimum atomic E-state index is -0.445. The Morgan fingerprint density at radius 2 is 2.09 bits per heavy atom. The largest absolute Gasteiger partial charge is 0.366 e. The fourth-order valence-electron chi connectivity index (χ4n) is 2.97. The minimum Gasteiger partial charge on any atom is -0.366 e. The summed E-state index contributed by atoms with van der Waals surface area (Å²) in [5, 5.41) is 5.41. The van der Waals surface area contributed by atoms with E-state index >= 15 is 0 Å². The van der Waals surface area contributed by atoms with Crippen molar-refractivity contribution >= 4 is 22.6 Å². The van der Waals surface area contributed by atoms with Crippen LogP contribution in [0.4, 0.5) is 5.82 Å². The summed E-state index contributed by atoms with van der Waals surface area (Å²) < 4.78 is 1.81. The first-order valence-corrected chi connectivity index (χ1v) is 7.57. The highest BCUT2D eigenvalue weighted by Crippen LogP contribution is 2.29. The Bertz CT molecular complexity index is 895. The van der Waals surface area contributed by atoms with E-state index in [4.69, 9.17) is 10.7 Å². The number of carbonyl (C=O) groups excluding carboxylic acids is 1. The van der Waals surface area contributed by atoms with Gasteiger partial charge in [0.05, 0.1) is 23.3 Å². The van der Waals surface area contributed by atoms with Gasteiger partial charge in [-0.25, -0.2) is 4.98 Å². The van der Waals surface area contributed by atoms with Crippen LogP contribution >= 0.6 is 0 Å². The van der Waals surface area contributed by atoms with Gasteiger partial charge >= 0.3 is 0 Å². The van der Waals surface area contributed by atoms with Crippen molar-refractivity contribution in [2.75, 3.05) is 18.0 Å². The molecule has 6 heteroatoms. The van der Waals surface area contributed by atoms with Crippen molar-refractivity contribution in [2.45, 2.75) is 13.0 Å². The Kier molecular flexibility index (Phi) is 3.04. The molecule has 23 heavy (non-hydrogen) atoms. The van der Waals surface area contributed by atoms with Crippen molar-refractivity contribution in [1.82, 2.24) is 14.8 Å². The normalized spacial score (nSPS) is 14.9. The number of hydrogen-bond acceptors (Lipinski definition) is 4. The fourth-order valence-corrected chi connectivity index (χ4v) is 2.97. The van der Waals surface area contributed by atoms with E-state index in [1.807, 2.05) is 22.9 Å². The first kappa shape index (κ1) is 13.8. The molecule has 0 aliphatic carbocycles. The summed E-state index contributed by atoms with van der Waals surface area (Å²) in [7, 11) is 0. The number of hydrogen-bond donors (Lipinski definition) is 1. The molecule has 6 nitrogen and oxygen atoms in total. The summed E-state index contributed by atoms with van der Waals surface area (Å²) in [6.07, 6.45) is 3.23. The molecule has 2 N–H and O–H groups in total. The minimum absolute atomic E-state index is 0.247. The van der Waals surface area contributed by atoms with Crippen molar-refractivity contribution in [3.05, 3.63) is 53.9 Å². The van der Waals surface area contributed by atoms with Crippen LogP contribution in [-0.4, -0.2) is 33.8 Å². The van der Waals surface area contributed by atoms with Crippen LogP contribution in [0.1, 0.15) is 22.0 Å². The molecular weight excluding hydrogens is 290 g/mol. The van der Waals surface area contributed by atoms with E-state index < -0.39 is 5.91 Å². The average molecular weight is 307 g/mol. The van der Waals surface area contributed by atoms with Gasteiger partial charge in [0.1, 0.15) is 5.82 Å². The standard InChI is InChI=1S/C17H17N5O/c1-11-6-16(20-15-5-3-2-4-14(11)15)21-9-13(10-21)22-8-12(7-19-22)17(18)23/h2-8,13H,9-10H2,1H3,(H2,18,23). The molecule has 0 atom stereocenters. The maximum absolute atomic E-state index is 11.1. The van der Waals surface area contributed by atoms with E-state index in [0.29, 0.717) is 5.56 Å². The number of rotatable bonds is 3. The quantitative estimate of drug-likeness (QED) is 0.801. The van der Waals surface area contributed by atoms with Crippen LogP contribution in [0, 0.1) is 6.92 Å². The van der Waals surface area contributed by atoms with Crippen LogP contribution in [0.25, 0.3) is 10.9 Å². The summed E-state index contributed by atoms with van der Waals surface area (Å²) in [4.78, 5) is 18.1. The number of nitrogens with two attached hydrogens (primary N) is 1. The van der Waals surface area contributed by atoms with Crippen LogP contribution in [0.15, 0.2) is 42.7 Å². The number of para-hydroxylation sites is 1. The fraction of sp³-hybridized carbons (Fsp3) is 0.235. The molecule has 0 spiro atoms. The highest BCUT2D eigenvalue weighted by Gasteiger charge is 2.30. The van der Waals surface area contributed by atoms with Gasteiger partial charge in [-0.05, 0) is 24.6 Å². The molecule has 1 amide bonds. The Morgan fingerprint density at radius 3 is 2.83 bits per heavy atom. The number of carbonyl (C=O) groups is 1. The number of amides is 1. The molecule has 116 valence electrons. The molecule has 1 aliphatic rings. The maximum atomic E-state index is 11.1. The lowest BCUT2D eigenvalue weighted by Crippen LogP contribution is -2.48. The zero-order valence-electron chi connectivity index (χ0n) is 12.8. The summed E-state index contributed by atoms with van der Waals surface area (Å²) >= 11 is 0. The van der Waals surface area contributed by atoms with Gasteiger partial charge in [-0.15, -0.1) is 0 Å². The number of nitrogens with zero attached hydrogens (tertiary/aromatic N) is 4. The third-order valence-corrected chi connectivity index (χ3v) is 4.36. The number of fused-ring (bicyclic) bond motifs is 1. The maximum Gasteiger partial charge on any atom is 0.251 e. The van der Waals surface area contributed by atoms with E-state index in [-0.39, 0.29) is 6.04 Å². The van der Waals surface area contributed by atoms with Crippen LogP contribution in [0.2, 0.25) is 0 Å². The molecule has 0 unspecified atom stereocenters. The third kappa shape index (κ3) is 2.32. The molecule has 4 rings (SSSR count). The van der Waals surface area contributed by atoms with Gasteiger partial charge in [0.15, 0.2) is 0 Å². The SMILES string of the molecule is Cc1cc(N2CC(n3cc(C(N)=O)cn3)C2)nc2ccccc12. The molecule has 1 fully saturated rings. The van der Waals surface area contributed by atoms with Crippen LogP contribution < -0.4 is 10.6 Å². The molecule has 0 bridgehead atoms. The number of aryl methyl sites for hydroxylation is 1. The number of anilines is 1. The zero-order valence-corrected chi connectivity index (χ0v) is 12.8. The second-order valence-electron chi connectivity index (χ2n) is 5.95. The average Bonchev–Trinajstić information content (AvgIpc) is 2.96. The Hall–Kier alpha value is -2.89. The van der Waals surface area contributed by atoms with E-state index in [9.17, 15) is 4.79 Å². The topological polar surface area (TPSA) is 77.0 Å². The number of aromatic nitrogens is 3. The van der Waals surface area contributed by atoms with E-state index in [2.05, 4.69) is 29.1 Å². The van der Waals surface area contributed by atoms with Crippen molar-refractivity contribution < 1.29 is 4.79 Å². The van der Waals surface area contributed by atoms with Crippen LogP contribution in [-0.2, 0) is 0 Å². The lowest BCUT2D eigenvalue weighted by Gasteiger charge is -2.40. The molecule has 0 radical (unpaired) electrons. The van der Waals surface area contributed by atoms with Crippen LogP contribution in [0.5, 0.6) is 0 Å². The van der Waals surface area contributed by atoms with Gasteiger partial charge in [-0.3, -0.25) is 9.48 Å². The predicted molar refractivity (Wildman–Crippen MR) is 88.5 cm³/mol. The first-order valence-electron chi connectivity index (χ1n) is 7.57. The molecule has 2 aromatic heterocycles. The van der Waals surface area contributed by atoms with Gasteiger partial charge in [0, 0.05) is 24.7 Å². The summed E-state index contributed by atoms with van der Waals surface area (Å²) in [6, 6.07) is 10.5. The van der Waals surface area contributed by atoms with Crippen molar-refractivity contribution in [3.63, 3.8) is 0 Å². The summed E-state index contributed by atoms with van der Waals surface area (Å²) in [5.41, 5.74) is 7.95. The van der Waals surface area contributed by atoms with E-state index in [0.717, 1.165) is 24.4 Å². The monoisotopic (exact) mass is 307 g/mol. The van der Waals surface area contributed by atoms with Crippen molar-refractivity contribution in [2.24, 2.45) is 5.73 Å². The second-order valence-corrected chi connectivity index (χ2v) is 5.95. The lowest BCUT2D eigenvalue weighted by molar-refractivity contribution is 0.1000. The van der Waals surface area contributed by atoms with E-state index in [1.165, 1.54) is 17.1 Å². The van der Waals surface area contributed by atoms with Gasteiger partial charge in [-0.1, -0.05) is 18.2 Å². The van der Waals surface area contributed by atoms with Crippen molar-refractivity contribution in [3.8, 4) is 0 Å². The first-order chi connectivity index (χ1) is 11.1. The highest BCUT2D eigenvalue weighted by atomic mass is 16.1. The van der Waals surface area contributed by atoms with Crippen molar-refractivity contribution in [1.29, 1.82) is 0 Å². The summed E-state index contributed by atoms with van der Waals surface area (Å²) in [5.74, 6) is 0.541. The molecule has 0 saturated carbocycles. The molecule has 1 aliphatic heterocycles. The lowest BCUT2D eigenvalue weighted by atomic mass is 10.1. The van der Waals surface area contributed by atoms with Gasteiger partial charge < -0.3 is 10.6 Å². The number of benzene rings is 1. The molecule has 1 saturated heterocycles. The third-order valence-electron chi connectivity index (χ3n) is 4.36. The smallest absolute Gasteiger partial charge is 0.251 e. The van der Waals surface area contributed by atoms with Gasteiger partial charge in [-0.2, -0.15) is 5.10 Å². The Labute approximate surface area is 133 Å². The highest BCUT2D eigenvalue weighted by molar-refractivity contribution is 5.92. The zero-order chi connectivity index (χ0) is 16.0. The van der Waals surface area contributed by atoms with Gasteiger partial charge in [0.2, 0.25) is 0 Å². The Morgan fingerprint density at radius 1 is 1.30 bits per heavy atom.